The molecule has 1 aromatic carbocycles. The van der Waals surface area contributed by atoms with Gasteiger partial charge in [0.2, 0.25) is 0 Å². The van der Waals surface area contributed by atoms with E-state index in [1.807, 2.05) is 52.0 Å². The van der Waals surface area contributed by atoms with Gasteiger partial charge in [-0.2, -0.15) is 5.10 Å². The van der Waals surface area contributed by atoms with E-state index in [1.54, 1.807) is 0 Å². The third-order valence-electron chi connectivity index (χ3n) is 3.87. The lowest BCUT2D eigenvalue weighted by molar-refractivity contribution is 0.477. The summed E-state index contributed by atoms with van der Waals surface area (Å²) in [6, 6.07) is 7.56. The number of hydrogen-bond donors (Lipinski definition) is 0. The van der Waals surface area contributed by atoms with Crippen molar-refractivity contribution in [2.45, 2.75) is 59.4 Å². The van der Waals surface area contributed by atoms with Crippen LogP contribution in [0.2, 0.25) is 0 Å². The van der Waals surface area contributed by atoms with E-state index in [0.29, 0.717) is 23.8 Å². The fourth-order valence-corrected chi connectivity index (χ4v) is 2.43. The summed E-state index contributed by atoms with van der Waals surface area (Å²) in [6.07, 6.45) is 0. The van der Waals surface area contributed by atoms with E-state index in [2.05, 4.69) is 18.9 Å². The van der Waals surface area contributed by atoms with Crippen LogP contribution in [0.1, 0.15) is 58.7 Å². The summed E-state index contributed by atoms with van der Waals surface area (Å²) in [4.78, 5) is 25.4. The molecule has 0 atom stereocenters. The Morgan fingerprint density at radius 1 is 1.09 bits per heavy atom. The van der Waals surface area contributed by atoms with E-state index in [0.717, 1.165) is 0 Å². The molecule has 0 N–H and O–H groups in total. The van der Waals surface area contributed by atoms with E-state index in [9.17, 15) is 9.59 Å². The first-order chi connectivity index (χ1) is 10.7. The highest BCUT2D eigenvalue weighted by molar-refractivity contribution is 5.36. The average Bonchev–Trinajstić information content (AvgIpc) is 2.46. The van der Waals surface area contributed by atoms with Crippen LogP contribution in [-0.4, -0.2) is 14.3 Å². The molecule has 23 heavy (non-hydrogen) atoms. The summed E-state index contributed by atoms with van der Waals surface area (Å²) in [6.45, 7) is 12.3. The maximum Gasteiger partial charge on any atom is 0.352 e. The van der Waals surface area contributed by atoms with Gasteiger partial charge in [0, 0.05) is 12.0 Å². The van der Waals surface area contributed by atoms with Gasteiger partial charge in [0.25, 0.3) is 5.56 Å². The van der Waals surface area contributed by atoms with Gasteiger partial charge in [-0.05, 0) is 30.5 Å². The molecule has 5 heteroatoms. The minimum atomic E-state index is -0.429. The molecule has 5 nitrogen and oxygen atoms in total. The van der Waals surface area contributed by atoms with Crippen LogP contribution >= 0.6 is 0 Å². The Bertz CT molecular complexity index is 806. The van der Waals surface area contributed by atoms with Gasteiger partial charge in [-0.15, -0.1) is 0 Å². The fraction of sp³-hybridized carbons (Fsp3) is 0.500. The zero-order valence-corrected chi connectivity index (χ0v) is 14.8. The minimum Gasteiger partial charge on any atom is -0.267 e. The summed E-state index contributed by atoms with van der Waals surface area (Å²) in [5.41, 5.74) is 0.975. The molecule has 1 heterocycles. The summed E-state index contributed by atoms with van der Waals surface area (Å²) >= 11 is 0. The highest BCUT2D eigenvalue weighted by atomic mass is 16.2. The van der Waals surface area contributed by atoms with E-state index >= 15 is 0 Å². The highest BCUT2D eigenvalue weighted by Crippen LogP contribution is 2.18. The second-order valence-corrected chi connectivity index (χ2v) is 7.08. The number of nitrogens with zero attached hydrogens (tertiary/aromatic N) is 3. The van der Waals surface area contributed by atoms with Gasteiger partial charge in [-0.1, -0.05) is 46.8 Å². The van der Waals surface area contributed by atoms with Crippen LogP contribution in [0.5, 0.6) is 0 Å². The quantitative estimate of drug-likeness (QED) is 0.875. The van der Waals surface area contributed by atoms with Gasteiger partial charge in [-0.25, -0.2) is 14.0 Å². The van der Waals surface area contributed by atoms with Crippen molar-refractivity contribution >= 4 is 0 Å². The molecule has 2 aromatic rings. The van der Waals surface area contributed by atoms with Crippen LogP contribution in [0, 0.1) is 0 Å². The zero-order chi connectivity index (χ0) is 17.4. The molecule has 0 aliphatic heterocycles. The molecule has 124 valence electrons. The maximum atomic E-state index is 12.8. The third-order valence-corrected chi connectivity index (χ3v) is 3.87. The monoisotopic (exact) mass is 315 g/mol. The molecule has 0 unspecified atom stereocenters. The number of aryl methyl sites for hydroxylation is 1. The smallest absolute Gasteiger partial charge is 0.267 e. The van der Waals surface area contributed by atoms with Crippen molar-refractivity contribution in [3.05, 3.63) is 56.4 Å². The van der Waals surface area contributed by atoms with Gasteiger partial charge < -0.3 is 0 Å². The van der Waals surface area contributed by atoms with Crippen LogP contribution in [-0.2, 0) is 12.0 Å². The Balaban J connectivity index is 2.75. The van der Waals surface area contributed by atoms with Crippen LogP contribution in [0.15, 0.2) is 33.9 Å². The van der Waals surface area contributed by atoms with E-state index in [1.165, 1.54) is 14.8 Å². The predicted molar refractivity (Wildman–Crippen MR) is 92.6 cm³/mol. The Kier molecular flexibility index (Phi) is 4.59. The van der Waals surface area contributed by atoms with Gasteiger partial charge >= 0.3 is 5.69 Å². The molecular weight excluding hydrogens is 290 g/mol. The Labute approximate surface area is 136 Å². The normalized spacial score (nSPS) is 12.0. The van der Waals surface area contributed by atoms with Gasteiger partial charge in [-0.3, -0.25) is 4.79 Å². The van der Waals surface area contributed by atoms with Crippen molar-refractivity contribution < 1.29 is 0 Å². The molecule has 0 fully saturated rings. The molecule has 0 saturated heterocycles. The average molecular weight is 315 g/mol. The Morgan fingerprint density at radius 3 is 2.09 bits per heavy atom. The molecule has 0 bridgehead atoms. The van der Waals surface area contributed by atoms with Gasteiger partial charge in [0.05, 0.1) is 5.69 Å². The predicted octanol–water partition coefficient (Wildman–Crippen LogP) is 2.84. The van der Waals surface area contributed by atoms with Crippen molar-refractivity contribution in [2.24, 2.45) is 0 Å². The first-order valence-electron chi connectivity index (χ1n) is 8.01. The SMILES string of the molecule is CCn1nc(C(C)(C)C)c(=O)n(-c2ccc(C(C)C)cc2)c1=O. The van der Waals surface area contributed by atoms with Crippen molar-refractivity contribution in [3.63, 3.8) is 0 Å². The number of rotatable bonds is 3. The van der Waals surface area contributed by atoms with Crippen molar-refractivity contribution in [1.82, 2.24) is 14.3 Å². The van der Waals surface area contributed by atoms with Crippen LogP contribution in [0.3, 0.4) is 0 Å². The summed E-state index contributed by atoms with van der Waals surface area (Å²) in [5.74, 6) is 0.399. The topological polar surface area (TPSA) is 56.9 Å². The summed E-state index contributed by atoms with van der Waals surface area (Å²) in [5, 5.41) is 4.26. The number of hydrogen-bond acceptors (Lipinski definition) is 3. The molecule has 2 rings (SSSR count). The molecule has 1 aromatic heterocycles. The largest absolute Gasteiger partial charge is 0.352 e. The van der Waals surface area contributed by atoms with Crippen molar-refractivity contribution in [2.75, 3.05) is 0 Å². The number of benzene rings is 1. The zero-order valence-electron chi connectivity index (χ0n) is 14.8. The summed E-state index contributed by atoms with van der Waals surface area (Å²) < 4.78 is 2.57. The lowest BCUT2D eigenvalue weighted by Crippen LogP contribution is -2.45. The van der Waals surface area contributed by atoms with E-state index in [-0.39, 0.29) is 5.56 Å². The Morgan fingerprint density at radius 2 is 1.65 bits per heavy atom. The van der Waals surface area contributed by atoms with Gasteiger partial charge in [0.15, 0.2) is 0 Å². The molecule has 0 aliphatic carbocycles. The molecule has 0 amide bonds. The first-order valence-corrected chi connectivity index (χ1v) is 8.01. The first kappa shape index (κ1) is 17.2. The molecule has 0 saturated carbocycles. The molecule has 0 aliphatic rings. The second kappa shape index (κ2) is 6.14. The lowest BCUT2D eigenvalue weighted by atomic mass is 9.92. The minimum absolute atomic E-state index is 0.343. The number of aromatic nitrogens is 3. The lowest BCUT2D eigenvalue weighted by Gasteiger charge is -2.19. The van der Waals surface area contributed by atoms with E-state index < -0.39 is 11.1 Å². The third kappa shape index (κ3) is 3.28. The Hall–Kier alpha value is -2.17. The van der Waals surface area contributed by atoms with Crippen molar-refractivity contribution in [1.29, 1.82) is 0 Å². The van der Waals surface area contributed by atoms with Crippen molar-refractivity contribution in [3.8, 4) is 5.69 Å². The highest BCUT2D eigenvalue weighted by Gasteiger charge is 2.24. The molecule has 0 spiro atoms. The fourth-order valence-electron chi connectivity index (χ4n) is 2.43. The van der Waals surface area contributed by atoms with E-state index in [4.69, 9.17) is 0 Å². The van der Waals surface area contributed by atoms with Gasteiger partial charge in [0.1, 0.15) is 5.69 Å². The summed E-state index contributed by atoms with van der Waals surface area (Å²) in [7, 11) is 0. The second-order valence-electron chi connectivity index (χ2n) is 7.08. The molecular formula is C18H25N3O2. The standard InChI is InChI=1S/C18H25N3O2/c1-7-20-17(23)21(16(22)15(19-20)18(4,5)6)14-10-8-13(9-11-14)12(2)3/h8-12H,7H2,1-6H3. The molecule has 0 radical (unpaired) electrons. The van der Waals surface area contributed by atoms with Crippen LogP contribution in [0.4, 0.5) is 0 Å². The maximum absolute atomic E-state index is 12.8. The van der Waals surface area contributed by atoms with Crippen LogP contribution < -0.4 is 11.2 Å². The van der Waals surface area contributed by atoms with Crippen LogP contribution in [0.25, 0.3) is 5.69 Å².